The first-order chi connectivity index (χ1) is 15.4. The summed E-state index contributed by atoms with van der Waals surface area (Å²) in [7, 11) is -3.07. The molecule has 0 aromatic heterocycles. The highest BCUT2D eigenvalue weighted by molar-refractivity contribution is 7.91. The number of morpholine rings is 1. The van der Waals surface area contributed by atoms with Crippen molar-refractivity contribution < 1.29 is 27.5 Å². The van der Waals surface area contributed by atoms with E-state index in [9.17, 15) is 18.0 Å². The summed E-state index contributed by atoms with van der Waals surface area (Å²) in [4.78, 5) is 33.7. The predicted octanol–water partition coefficient (Wildman–Crippen LogP) is -1.34. The third-order valence-corrected chi connectivity index (χ3v) is 8.69. The number of ether oxygens (including phenoxy) is 2. The quantitative estimate of drug-likeness (QED) is 0.449. The Balaban J connectivity index is 1.27. The molecule has 2 atom stereocenters. The van der Waals surface area contributed by atoms with Crippen molar-refractivity contribution in [2.24, 2.45) is 0 Å². The van der Waals surface area contributed by atoms with Crippen LogP contribution >= 0.6 is 0 Å². The molecule has 0 aliphatic carbocycles. The van der Waals surface area contributed by atoms with E-state index in [1.54, 1.807) is 4.90 Å². The van der Waals surface area contributed by atoms with Gasteiger partial charge >= 0.3 is 0 Å². The van der Waals surface area contributed by atoms with Gasteiger partial charge in [-0.1, -0.05) is 0 Å². The van der Waals surface area contributed by atoms with Gasteiger partial charge in [0.05, 0.1) is 43.9 Å². The average Bonchev–Trinajstić information content (AvgIpc) is 3.42. The molecule has 0 saturated carbocycles. The highest BCUT2D eigenvalue weighted by atomic mass is 32.2. The van der Waals surface area contributed by atoms with Crippen molar-refractivity contribution in [1.82, 2.24) is 19.6 Å². The Bertz CT molecular complexity index is 758. The Labute approximate surface area is 190 Å². The van der Waals surface area contributed by atoms with Crippen LogP contribution in [0.5, 0.6) is 0 Å². The summed E-state index contributed by atoms with van der Waals surface area (Å²) in [5.74, 6) is 0.302. The number of nitrogens with zero attached hydrogens (tertiary/aromatic N) is 4. The minimum absolute atomic E-state index is 0.00286. The summed E-state index contributed by atoms with van der Waals surface area (Å²) in [6.45, 7) is 7.31. The third kappa shape index (κ3) is 6.40. The molecule has 4 fully saturated rings. The second-order valence-corrected chi connectivity index (χ2v) is 11.5. The molecule has 182 valence electrons. The first kappa shape index (κ1) is 23.9. The van der Waals surface area contributed by atoms with Gasteiger partial charge in [0.25, 0.3) is 0 Å². The van der Waals surface area contributed by atoms with Gasteiger partial charge in [-0.05, 0) is 19.3 Å². The molecular weight excluding hydrogens is 436 g/mol. The van der Waals surface area contributed by atoms with E-state index in [1.165, 1.54) is 0 Å². The molecule has 11 heteroatoms. The largest absolute Gasteiger partial charge is 0.379 e. The molecule has 0 radical (unpaired) electrons. The molecule has 2 unspecified atom stereocenters. The summed E-state index contributed by atoms with van der Waals surface area (Å²) in [6, 6.07) is -0.256. The van der Waals surface area contributed by atoms with Crippen LogP contribution in [-0.4, -0.2) is 142 Å². The molecule has 4 aliphatic heterocycles. The van der Waals surface area contributed by atoms with E-state index in [2.05, 4.69) is 9.80 Å². The van der Waals surface area contributed by atoms with E-state index in [1.807, 2.05) is 4.90 Å². The van der Waals surface area contributed by atoms with Crippen LogP contribution in [0, 0.1) is 0 Å². The fraction of sp³-hybridized carbons (Fsp3) is 0.905. The van der Waals surface area contributed by atoms with Crippen LogP contribution in [0.1, 0.15) is 19.3 Å². The number of sulfone groups is 1. The van der Waals surface area contributed by atoms with Crippen LogP contribution in [0.2, 0.25) is 0 Å². The molecule has 0 aromatic rings. The summed E-state index contributed by atoms with van der Waals surface area (Å²) >= 11 is 0. The highest BCUT2D eigenvalue weighted by Gasteiger charge is 2.37. The average molecular weight is 473 g/mol. The van der Waals surface area contributed by atoms with E-state index in [-0.39, 0.29) is 42.0 Å². The number of hydrogen-bond donors (Lipinski definition) is 0. The number of carbonyl (C=O) groups is 2. The molecule has 32 heavy (non-hydrogen) atoms. The molecule has 4 saturated heterocycles. The Morgan fingerprint density at radius 3 is 2.25 bits per heavy atom. The van der Waals surface area contributed by atoms with Gasteiger partial charge in [-0.25, -0.2) is 8.42 Å². The fourth-order valence-electron chi connectivity index (χ4n) is 4.97. The Morgan fingerprint density at radius 2 is 1.62 bits per heavy atom. The van der Waals surface area contributed by atoms with Crippen LogP contribution < -0.4 is 0 Å². The maximum Gasteiger partial charge on any atom is 0.237 e. The van der Waals surface area contributed by atoms with Gasteiger partial charge in [0.1, 0.15) is 0 Å². The second-order valence-electron chi connectivity index (χ2n) is 9.28. The van der Waals surface area contributed by atoms with E-state index in [0.717, 1.165) is 25.9 Å². The first-order valence-corrected chi connectivity index (χ1v) is 13.6. The summed E-state index contributed by atoms with van der Waals surface area (Å²) < 4.78 is 35.1. The number of carbonyl (C=O) groups excluding carboxylic acids is 2. The molecule has 4 aliphatic rings. The molecule has 4 heterocycles. The molecular formula is C21H36N4O6S. The molecule has 4 rings (SSSR count). The lowest BCUT2D eigenvalue weighted by Crippen LogP contribution is -2.55. The van der Waals surface area contributed by atoms with Crippen molar-refractivity contribution >= 4 is 21.7 Å². The lowest BCUT2D eigenvalue weighted by Gasteiger charge is -2.37. The van der Waals surface area contributed by atoms with Crippen molar-refractivity contribution in [3.63, 3.8) is 0 Å². The second kappa shape index (κ2) is 10.8. The van der Waals surface area contributed by atoms with Crippen LogP contribution in [0.3, 0.4) is 0 Å². The van der Waals surface area contributed by atoms with Gasteiger partial charge in [-0.2, -0.15) is 0 Å². The minimum atomic E-state index is -3.07. The lowest BCUT2D eigenvalue weighted by atomic mass is 10.1. The van der Waals surface area contributed by atoms with E-state index >= 15 is 0 Å². The normalized spacial score (nSPS) is 29.3. The Kier molecular flexibility index (Phi) is 8.04. The number of rotatable bonds is 7. The zero-order chi connectivity index (χ0) is 22.6. The lowest BCUT2D eigenvalue weighted by molar-refractivity contribution is -0.138. The number of amides is 2. The monoisotopic (exact) mass is 472 g/mol. The molecule has 10 nitrogen and oxygen atoms in total. The topological polar surface area (TPSA) is 99.7 Å². The smallest absolute Gasteiger partial charge is 0.237 e. The molecule has 0 bridgehead atoms. The van der Waals surface area contributed by atoms with Gasteiger partial charge in [0.15, 0.2) is 9.84 Å². The Hall–Kier alpha value is -1.27. The van der Waals surface area contributed by atoms with Crippen molar-refractivity contribution in [2.75, 3.05) is 90.2 Å². The van der Waals surface area contributed by atoms with Gasteiger partial charge in [-0.3, -0.25) is 19.4 Å². The van der Waals surface area contributed by atoms with Gasteiger partial charge in [0.2, 0.25) is 11.8 Å². The van der Waals surface area contributed by atoms with Gasteiger partial charge in [-0.15, -0.1) is 0 Å². The van der Waals surface area contributed by atoms with Crippen LogP contribution in [0.25, 0.3) is 0 Å². The maximum absolute atomic E-state index is 13.2. The van der Waals surface area contributed by atoms with Gasteiger partial charge < -0.3 is 19.3 Å². The van der Waals surface area contributed by atoms with E-state index in [0.29, 0.717) is 65.5 Å². The molecule has 0 aromatic carbocycles. The van der Waals surface area contributed by atoms with Crippen molar-refractivity contribution in [1.29, 1.82) is 0 Å². The fourth-order valence-corrected chi connectivity index (χ4v) is 6.70. The Morgan fingerprint density at radius 1 is 0.906 bits per heavy atom. The standard InChI is InChI=1S/C21H36N4O6S/c26-20(15-23-8-11-30-12-9-23)24-6-4-22(5-7-24)16-21(27)25(14-19-2-1-10-31-19)18-3-13-32(28,29)17-18/h18-19H,1-17H2. The van der Waals surface area contributed by atoms with Crippen molar-refractivity contribution in [3.05, 3.63) is 0 Å². The minimum Gasteiger partial charge on any atom is -0.379 e. The van der Waals surface area contributed by atoms with Crippen LogP contribution in [0.15, 0.2) is 0 Å². The maximum atomic E-state index is 13.2. The van der Waals surface area contributed by atoms with Gasteiger partial charge in [0, 0.05) is 58.5 Å². The third-order valence-electron chi connectivity index (χ3n) is 6.94. The molecule has 2 amide bonds. The molecule has 0 spiro atoms. The SMILES string of the molecule is O=C(CN1CCOCC1)N1CCN(CC(=O)N(CC2CCCO2)C2CCS(=O)(=O)C2)CC1. The van der Waals surface area contributed by atoms with Crippen LogP contribution in [-0.2, 0) is 28.9 Å². The van der Waals surface area contributed by atoms with E-state index in [4.69, 9.17) is 9.47 Å². The highest BCUT2D eigenvalue weighted by Crippen LogP contribution is 2.22. The summed E-state index contributed by atoms with van der Waals surface area (Å²) in [6.07, 6.45) is 2.39. The predicted molar refractivity (Wildman–Crippen MR) is 118 cm³/mol. The van der Waals surface area contributed by atoms with E-state index < -0.39 is 9.84 Å². The first-order valence-electron chi connectivity index (χ1n) is 11.8. The summed E-state index contributed by atoms with van der Waals surface area (Å²) in [5.41, 5.74) is 0. The number of piperazine rings is 1. The zero-order valence-electron chi connectivity index (χ0n) is 18.8. The summed E-state index contributed by atoms with van der Waals surface area (Å²) in [5, 5.41) is 0. The zero-order valence-corrected chi connectivity index (χ0v) is 19.6. The van der Waals surface area contributed by atoms with Crippen molar-refractivity contribution in [2.45, 2.75) is 31.4 Å². The van der Waals surface area contributed by atoms with Crippen molar-refractivity contribution in [3.8, 4) is 0 Å². The number of hydrogen-bond acceptors (Lipinski definition) is 8. The van der Waals surface area contributed by atoms with Crippen LogP contribution in [0.4, 0.5) is 0 Å². The molecule has 0 N–H and O–H groups in total.